The number of hydrogen-bond donors (Lipinski definition) is 0. The zero-order valence-corrected chi connectivity index (χ0v) is 12.2. The molecule has 0 aliphatic carbocycles. The number of para-hydroxylation sites is 1. The van der Waals surface area contributed by atoms with Crippen molar-refractivity contribution in [2.75, 3.05) is 13.2 Å². The fourth-order valence-corrected chi connectivity index (χ4v) is 2.24. The van der Waals surface area contributed by atoms with E-state index in [-0.39, 0.29) is 20.4 Å². The van der Waals surface area contributed by atoms with E-state index in [2.05, 4.69) is 9.98 Å². The molecule has 0 amide bonds. The summed E-state index contributed by atoms with van der Waals surface area (Å²) in [4.78, 5) is 8.65. The summed E-state index contributed by atoms with van der Waals surface area (Å²) in [5.41, 5.74) is 1.31. The van der Waals surface area contributed by atoms with Crippen LogP contribution in [0.1, 0.15) is 5.69 Å². The molecule has 1 aliphatic rings. The molecule has 2 aromatic rings. The van der Waals surface area contributed by atoms with Crippen LogP contribution in [0.15, 0.2) is 29.3 Å². The molecule has 96 valence electrons. The zero-order chi connectivity index (χ0) is 11.8. The predicted octanol–water partition coefficient (Wildman–Crippen LogP) is 3.32. The topological polar surface area (TPSA) is 34.5 Å². The molecule has 18 heavy (non-hydrogen) atoms. The number of halogens is 2. The van der Waals surface area contributed by atoms with Crippen LogP contribution in [0.5, 0.6) is 0 Å². The van der Waals surface area contributed by atoms with E-state index in [0.29, 0.717) is 34.8 Å². The smallest absolute Gasteiger partial charge is 0.237 e. The average Bonchev–Trinajstić information content (AvgIpc) is 2.87. The molecule has 0 spiro atoms. The van der Waals surface area contributed by atoms with Crippen molar-refractivity contribution >= 4 is 40.0 Å². The maximum Gasteiger partial charge on any atom is 0.237 e. The first-order chi connectivity index (χ1) is 8.27. The van der Waals surface area contributed by atoms with Crippen molar-refractivity contribution in [2.24, 2.45) is 4.99 Å². The summed E-state index contributed by atoms with van der Waals surface area (Å²) >= 11 is 12.4. The van der Waals surface area contributed by atoms with Gasteiger partial charge >= 0.3 is 0 Å². The molecule has 3 nitrogen and oxygen atoms in total. The monoisotopic (exact) mass is 372 g/mol. The molecule has 0 saturated heterocycles. The van der Waals surface area contributed by atoms with E-state index in [4.69, 9.17) is 27.9 Å². The molecule has 3 rings (SSSR count). The number of fused-ring (bicyclic) bond motifs is 1. The van der Waals surface area contributed by atoms with Crippen LogP contribution in [0.2, 0.25) is 10.0 Å². The summed E-state index contributed by atoms with van der Waals surface area (Å²) in [6.45, 7) is 1.20. The van der Waals surface area contributed by atoms with Crippen LogP contribution in [0.3, 0.4) is 0 Å². The van der Waals surface area contributed by atoms with Gasteiger partial charge in [0, 0.05) is 25.8 Å². The quantitative estimate of drug-likeness (QED) is 0.719. The minimum atomic E-state index is 0. The minimum Gasteiger partial charge on any atom is -0.474 e. The molecule has 2 heterocycles. The van der Waals surface area contributed by atoms with Crippen LogP contribution in [0.4, 0.5) is 0 Å². The molecule has 0 N–H and O–H groups in total. The Balaban J connectivity index is 0.00000120. The molecular formula is C12H8Cl2N2OPd. The Morgan fingerprint density at radius 1 is 1.11 bits per heavy atom. The van der Waals surface area contributed by atoms with Gasteiger partial charge in [-0.25, -0.2) is 9.98 Å². The Kier molecular flexibility index (Phi) is 4.24. The predicted molar refractivity (Wildman–Crippen MR) is 69.1 cm³/mol. The van der Waals surface area contributed by atoms with Gasteiger partial charge in [-0.15, -0.1) is 0 Å². The average molecular weight is 374 g/mol. The van der Waals surface area contributed by atoms with E-state index in [1.54, 1.807) is 0 Å². The Bertz CT molecular complexity index is 631. The van der Waals surface area contributed by atoms with E-state index >= 15 is 0 Å². The van der Waals surface area contributed by atoms with Crippen molar-refractivity contribution in [3.05, 3.63) is 40.0 Å². The van der Waals surface area contributed by atoms with Crippen LogP contribution in [0.25, 0.3) is 10.9 Å². The van der Waals surface area contributed by atoms with Crippen molar-refractivity contribution < 1.29 is 25.2 Å². The number of hydrogen-bond acceptors (Lipinski definition) is 3. The fraction of sp³-hybridized carbons (Fsp3) is 0.167. The number of benzene rings is 1. The minimum absolute atomic E-state index is 0. The van der Waals surface area contributed by atoms with E-state index < -0.39 is 0 Å². The van der Waals surface area contributed by atoms with Crippen LogP contribution < -0.4 is 0 Å². The normalized spacial score (nSPS) is 14.0. The van der Waals surface area contributed by atoms with Crippen LogP contribution >= 0.6 is 23.2 Å². The van der Waals surface area contributed by atoms with E-state index in [1.165, 1.54) is 0 Å². The van der Waals surface area contributed by atoms with Gasteiger partial charge in [-0.05, 0) is 6.07 Å². The molecule has 0 saturated carbocycles. The van der Waals surface area contributed by atoms with Gasteiger partial charge in [0.1, 0.15) is 12.3 Å². The Hall–Kier alpha value is -0.658. The molecule has 0 bridgehead atoms. The number of rotatable bonds is 1. The van der Waals surface area contributed by atoms with Crippen LogP contribution in [-0.4, -0.2) is 24.0 Å². The first-order valence-electron chi connectivity index (χ1n) is 5.19. The molecule has 1 aliphatic heterocycles. The summed E-state index contributed by atoms with van der Waals surface area (Å²) < 4.78 is 5.37. The van der Waals surface area contributed by atoms with Crippen LogP contribution in [0, 0.1) is 0 Å². The first-order valence-corrected chi connectivity index (χ1v) is 5.94. The summed E-state index contributed by atoms with van der Waals surface area (Å²) in [6, 6.07) is 7.57. The van der Waals surface area contributed by atoms with Gasteiger partial charge in [0.05, 0.1) is 22.1 Å². The third kappa shape index (κ3) is 2.26. The summed E-state index contributed by atoms with van der Waals surface area (Å²) in [5.74, 6) is 0.475. The molecule has 1 aromatic heterocycles. The van der Waals surface area contributed by atoms with E-state index in [1.807, 2.05) is 24.3 Å². The number of nitrogens with zero attached hydrogens (tertiary/aromatic N) is 2. The molecule has 6 heteroatoms. The standard InChI is InChI=1S/C12H8Cl2N2O.Pd/c13-9-7-3-1-2-4-8(7)16-11(10(9)14)12-15-5-6-17-12;/h1-4H,5-6H2;. The van der Waals surface area contributed by atoms with Gasteiger partial charge in [0.25, 0.3) is 0 Å². The van der Waals surface area contributed by atoms with Gasteiger partial charge in [-0.2, -0.15) is 0 Å². The number of pyridine rings is 1. The Morgan fingerprint density at radius 3 is 2.61 bits per heavy atom. The van der Waals surface area contributed by atoms with E-state index in [9.17, 15) is 0 Å². The first kappa shape index (κ1) is 13.8. The summed E-state index contributed by atoms with van der Waals surface area (Å²) in [5, 5.41) is 1.72. The van der Waals surface area contributed by atoms with Crippen molar-refractivity contribution in [3.63, 3.8) is 0 Å². The maximum atomic E-state index is 6.23. The van der Waals surface area contributed by atoms with Gasteiger partial charge in [0.2, 0.25) is 5.90 Å². The molecule has 0 fully saturated rings. The fourth-order valence-electron chi connectivity index (χ4n) is 1.77. The Morgan fingerprint density at radius 2 is 1.89 bits per heavy atom. The van der Waals surface area contributed by atoms with Gasteiger partial charge < -0.3 is 4.74 Å². The van der Waals surface area contributed by atoms with Gasteiger partial charge in [-0.1, -0.05) is 41.4 Å². The molecule has 1 aromatic carbocycles. The second kappa shape index (κ2) is 5.54. The van der Waals surface area contributed by atoms with Crippen LogP contribution in [-0.2, 0) is 25.2 Å². The second-order valence-corrected chi connectivity index (χ2v) is 4.40. The van der Waals surface area contributed by atoms with Crippen molar-refractivity contribution in [2.45, 2.75) is 0 Å². The molecule has 0 radical (unpaired) electrons. The van der Waals surface area contributed by atoms with Crippen molar-refractivity contribution in [1.29, 1.82) is 0 Å². The molecule has 0 unspecified atom stereocenters. The number of aliphatic imine (C=N–C) groups is 1. The second-order valence-electron chi connectivity index (χ2n) is 3.64. The summed E-state index contributed by atoms with van der Waals surface area (Å²) in [7, 11) is 0. The third-order valence-electron chi connectivity index (χ3n) is 2.56. The van der Waals surface area contributed by atoms with E-state index in [0.717, 1.165) is 10.9 Å². The summed E-state index contributed by atoms with van der Waals surface area (Å²) in [6.07, 6.45) is 0. The number of ether oxygens (including phenoxy) is 1. The molecule has 0 atom stereocenters. The molecular weight excluding hydrogens is 365 g/mol. The van der Waals surface area contributed by atoms with Gasteiger partial charge in [0.15, 0.2) is 0 Å². The third-order valence-corrected chi connectivity index (χ3v) is 3.42. The van der Waals surface area contributed by atoms with Crippen molar-refractivity contribution in [1.82, 2.24) is 4.98 Å². The van der Waals surface area contributed by atoms with Crippen molar-refractivity contribution in [3.8, 4) is 0 Å². The number of aromatic nitrogens is 1. The van der Waals surface area contributed by atoms with Gasteiger partial charge in [-0.3, -0.25) is 0 Å². The largest absolute Gasteiger partial charge is 0.474 e. The SMILES string of the molecule is Clc1c(C2=NCCO2)nc2ccccc2c1Cl.[Pd]. The Labute approximate surface area is 128 Å². The zero-order valence-electron chi connectivity index (χ0n) is 9.10. The maximum absolute atomic E-state index is 6.23.